The van der Waals surface area contributed by atoms with Gasteiger partial charge >= 0.3 is 0 Å². The summed E-state index contributed by atoms with van der Waals surface area (Å²) in [5, 5.41) is 0. The van der Waals surface area contributed by atoms with Crippen molar-refractivity contribution >= 4 is 33.2 Å². The van der Waals surface area contributed by atoms with Crippen LogP contribution in [-0.2, 0) is 10.0 Å². The fraction of sp³-hybridized carbons (Fsp3) is 0.143. The first-order chi connectivity index (χ1) is 9.83. The van der Waals surface area contributed by atoms with Crippen LogP contribution in [0.15, 0.2) is 46.2 Å². The number of hydrogen-bond donors (Lipinski definition) is 2. The number of rotatable bonds is 4. The van der Waals surface area contributed by atoms with Gasteiger partial charge in [-0.1, -0.05) is 6.07 Å². The maximum absolute atomic E-state index is 13.7. The number of anilines is 2. The van der Waals surface area contributed by atoms with Crippen LogP contribution in [0.4, 0.5) is 15.8 Å². The molecule has 0 atom stereocenters. The van der Waals surface area contributed by atoms with Crippen molar-refractivity contribution in [3.8, 4) is 0 Å². The monoisotopic (exact) mass is 326 g/mol. The van der Waals surface area contributed by atoms with E-state index in [1.807, 2.05) is 12.3 Å². The summed E-state index contributed by atoms with van der Waals surface area (Å²) in [5.41, 5.74) is 6.05. The summed E-state index contributed by atoms with van der Waals surface area (Å²) in [5.74, 6) is -0.645. The van der Waals surface area contributed by atoms with Gasteiger partial charge in [0.05, 0.1) is 4.90 Å². The fourth-order valence-corrected chi connectivity index (χ4v) is 3.65. The molecule has 0 bridgehead atoms. The largest absolute Gasteiger partial charge is 0.399 e. The first-order valence-electron chi connectivity index (χ1n) is 6.06. The van der Waals surface area contributed by atoms with Crippen LogP contribution in [0.3, 0.4) is 0 Å². The first-order valence-corrected chi connectivity index (χ1v) is 8.77. The maximum atomic E-state index is 13.7. The Morgan fingerprint density at radius 2 is 1.95 bits per heavy atom. The maximum Gasteiger partial charge on any atom is 0.262 e. The number of hydrogen-bond acceptors (Lipinski definition) is 4. The zero-order valence-electron chi connectivity index (χ0n) is 11.6. The van der Waals surface area contributed by atoms with E-state index in [1.54, 1.807) is 18.2 Å². The van der Waals surface area contributed by atoms with Crippen molar-refractivity contribution in [2.45, 2.75) is 16.7 Å². The van der Waals surface area contributed by atoms with Crippen LogP contribution in [0.25, 0.3) is 0 Å². The second kappa shape index (κ2) is 5.95. The van der Waals surface area contributed by atoms with Gasteiger partial charge in [-0.05, 0) is 43.5 Å². The average molecular weight is 326 g/mol. The number of nitrogens with one attached hydrogen (secondary N) is 1. The molecule has 0 aliphatic carbocycles. The Kier molecular flexibility index (Phi) is 4.43. The number of nitrogens with two attached hydrogens (primary N) is 1. The van der Waals surface area contributed by atoms with E-state index < -0.39 is 15.8 Å². The first kappa shape index (κ1) is 15.7. The Balaban J connectivity index is 2.43. The van der Waals surface area contributed by atoms with Crippen LogP contribution in [0, 0.1) is 12.7 Å². The molecule has 0 spiro atoms. The van der Waals surface area contributed by atoms with Gasteiger partial charge in [0, 0.05) is 21.8 Å². The number of thioether (sulfide) groups is 1. The van der Waals surface area contributed by atoms with Crippen LogP contribution < -0.4 is 10.5 Å². The molecule has 0 unspecified atom stereocenters. The molecule has 2 rings (SSSR count). The van der Waals surface area contributed by atoms with Crippen molar-refractivity contribution in [2.24, 2.45) is 0 Å². The Morgan fingerprint density at radius 1 is 1.24 bits per heavy atom. The van der Waals surface area contributed by atoms with E-state index >= 15 is 0 Å². The summed E-state index contributed by atoms with van der Waals surface area (Å²) >= 11 is 1.50. The van der Waals surface area contributed by atoms with E-state index in [4.69, 9.17) is 5.73 Å². The van der Waals surface area contributed by atoms with Gasteiger partial charge in [-0.2, -0.15) is 0 Å². The van der Waals surface area contributed by atoms with Crippen LogP contribution in [0.5, 0.6) is 0 Å². The molecule has 2 aromatic carbocycles. The molecule has 0 fully saturated rings. The van der Waals surface area contributed by atoms with Crippen molar-refractivity contribution in [3.05, 3.63) is 47.8 Å². The van der Waals surface area contributed by atoms with Gasteiger partial charge in [-0.3, -0.25) is 4.72 Å². The molecule has 7 heteroatoms. The summed E-state index contributed by atoms with van der Waals surface area (Å²) in [6.45, 7) is 1.40. The Morgan fingerprint density at radius 3 is 2.62 bits per heavy atom. The summed E-state index contributed by atoms with van der Waals surface area (Å²) in [6, 6.07) is 9.31. The SMILES string of the molecule is CSc1cccc(NS(=O)(=O)c2cc(N)cc(F)c2C)c1. The molecule has 0 heterocycles. The summed E-state index contributed by atoms with van der Waals surface area (Å²) < 4.78 is 40.9. The van der Waals surface area contributed by atoms with Crippen LogP contribution in [0.1, 0.15) is 5.56 Å². The standard InChI is InChI=1S/C14H15FN2O2S2/c1-9-13(15)6-10(16)7-14(9)21(18,19)17-11-4-3-5-12(8-11)20-2/h3-8,17H,16H2,1-2H3. The lowest BCUT2D eigenvalue weighted by Gasteiger charge is -2.12. The molecule has 4 nitrogen and oxygen atoms in total. The molecule has 0 aromatic heterocycles. The van der Waals surface area contributed by atoms with E-state index in [2.05, 4.69) is 4.72 Å². The van der Waals surface area contributed by atoms with Crippen molar-refractivity contribution < 1.29 is 12.8 Å². The van der Waals surface area contributed by atoms with Gasteiger partial charge in [-0.25, -0.2) is 12.8 Å². The topological polar surface area (TPSA) is 72.2 Å². The minimum absolute atomic E-state index is 0.0396. The highest BCUT2D eigenvalue weighted by molar-refractivity contribution is 7.98. The molecule has 0 radical (unpaired) electrons. The fourth-order valence-electron chi connectivity index (χ4n) is 1.85. The molecular formula is C14H15FN2O2S2. The molecule has 112 valence electrons. The van der Waals surface area contributed by atoms with Crippen molar-refractivity contribution in [3.63, 3.8) is 0 Å². The highest BCUT2D eigenvalue weighted by atomic mass is 32.2. The van der Waals surface area contributed by atoms with E-state index in [0.717, 1.165) is 11.0 Å². The quantitative estimate of drug-likeness (QED) is 0.668. The number of nitrogen functional groups attached to an aromatic ring is 1. The summed E-state index contributed by atoms with van der Waals surface area (Å²) in [7, 11) is -3.89. The second-order valence-electron chi connectivity index (χ2n) is 4.46. The van der Waals surface area contributed by atoms with Crippen LogP contribution in [0.2, 0.25) is 0 Å². The Bertz CT molecular complexity index is 777. The predicted octanol–water partition coefficient (Wildman–Crippen LogP) is 3.24. The van der Waals surface area contributed by atoms with Gasteiger partial charge in [-0.15, -0.1) is 11.8 Å². The zero-order valence-corrected chi connectivity index (χ0v) is 13.2. The van der Waals surface area contributed by atoms with Gasteiger partial charge < -0.3 is 5.73 Å². The number of halogens is 1. The lowest BCUT2D eigenvalue weighted by molar-refractivity contribution is 0.591. The molecule has 2 aromatic rings. The van der Waals surface area contributed by atoms with Gasteiger partial charge in [0.2, 0.25) is 0 Å². The van der Waals surface area contributed by atoms with E-state index in [-0.39, 0.29) is 16.1 Å². The van der Waals surface area contributed by atoms with E-state index in [1.165, 1.54) is 24.8 Å². The Hall–Kier alpha value is -1.73. The average Bonchev–Trinajstić information content (AvgIpc) is 2.42. The van der Waals surface area contributed by atoms with E-state index in [0.29, 0.717) is 5.69 Å². The second-order valence-corrected chi connectivity index (χ2v) is 6.99. The molecule has 0 aliphatic rings. The smallest absolute Gasteiger partial charge is 0.262 e. The molecular weight excluding hydrogens is 311 g/mol. The van der Waals surface area contributed by atoms with Crippen molar-refractivity contribution in [2.75, 3.05) is 16.7 Å². The predicted molar refractivity (Wildman–Crippen MR) is 84.6 cm³/mol. The third-order valence-corrected chi connectivity index (χ3v) is 5.16. The molecule has 0 saturated carbocycles. The van der Waals surface area contributed by atoms with Gasteiger partial charge in [0.1, 0.15) is 5.82 Å². The van der Waals surface area contributed by atoms with Crippen molar-refractivity contribution in [1.82, 2.24) is 0 Å². The minimum atomic E-state index is -3.89. The third kappa shape index (κ3) is 3.48. The summed E-state index contributed by atoms with van der Waals surface area (Å²) in [4.78, 5) is 0.764. The third-order valence-electron chi connectivity index (χ3n) is 2.93. The zero-order chi connectivity index (χ0) is 15.6. The lowest BCUT2D eigenvalue weighted by Crippen LogP contribution is -2.15. The highest BCUT2D eigenvalue weighted by Crippen LogP contribution is 2.25. The molecule has 0 aliphatic heterocycles. The van der Waals surface area contributed by atoms with Crippen molar-refractivity contribution in [1.29, 1.82) is 0 Å². The van der Waals surface area contributed by atoms with Gasteiger partial charge in [0.15, 0.2) is 0 Å². The van der Waals surface area contributed by atoms with Gasteiger partial charge in [0.25, 0.3) is 10.0 Å². The molecule has 0 amide bonds. The normalized spacial score (nSPS) is 11.4. The van der Waals surface area contributed by atoms with Crippen LogP contribution in [-0.4, -0.2) is 14.7 Å². The molecule has 21 heavy (non-hydrogen) atoms. The number of benzene rings is 2. The number of sulfonamides is 1. The lowest BCUT2D eigenvalue weighted by atomic mass is 10.2. The highest BCUT2D eigenvalue weighted by Gasteiger charge is 2.20. The van der Waals surface area contributed by atoms with E-state index in [9.17, 15) is 12.8 Å². The molecule has 0 saturated heterocycles. The summed E-state index contributed by atoms with van der Waals surface area (Å²) in [6.07, 6.45) is 1.89. The van der Waals surface area contributed by atoms with Crippen LogP contribution >= 0.6 is 11.8 Å². The Labute approximate surface area is 127 Å². The minimum Gasteiger partial charge on any atom is -0.399 e. The molecule has 3 N–H and O–H groups in total.